The standard InChI is InChI=1S/C12H8Cl2F3N3O/c1-11(21,12(15,16)17)10-19-8-4-6(13)7(14)5-9(8)20(10)3-2-18/h4-5,21H,3H2,1H3. The lowest BCUT2D eigenvalue weighted by Crippen LogP contribution is -2.41. The summed E-state index contributed by atoms with van der Waals surface area (Å²) in [5.41, 5.74) is -2.91. The monoisotopic (exact) mass is 337 g/mol. The van der Waals surface area contributed by atoms with Crippen LogP contribution in [0.25, 0.3) is 11.0 Å². The maximum absolute atomic E-state index is 13.0. The molecule has 1 N–H and O–H groups in total. The summed E-state index contributed by atoms with van der Waals surface area (Å²) in [6.07, 6.45) is -4.95. The molecule has 0 bridgehead atoms. The summed E-state index contributed by atoms with van der Waals surface area (Å²) in [6, 6.07) is 4.31. The van der Waals surface area contributed by atoms with Crippen molar-refractivity contribution in [3.63, 3.8) is 0 Å². The van der Waals surface area contributed by atoms with Gasteiger partial charge < -0.3 is 9.67 Å². The average Bonchev–Trinajstić information content (AvgIpc) is 2.68. The molecule has 0 radical (unpaired) electrons. The second kappa shape index (κ2) is 5.05. The number of aliphatic hydroxyl groups is 1. The van der Waals surface area contributed by atoms with Crippen LogP contribution >= 0.6 is 23.2 Å². The van der Waals surface area contributed by atoms with Crippen molar-refractivity contribution in [2.45, 2.75) is 25.2 Å². The van der Waals surface area contributed by atoms with Crippen molar-refractivity contribution in [2.24, 2.45) is 0 Å². The minimum absolute atomic E-state index is 0.110. The number of hydrogen-bond acceptors (Lipinski definition) is 3. The number of fused-ring (bicyclic) bond motifs is 1. The minimum Gasteiger partial charge on any atom is -0.374 e. The summed E-state index contributed by atoms with van der Waals surface area (Å²) in [7, 11) is 0. The van der Waals surface area contributed by atoms with Crippen LogP contribution in [0.2, 0.25) is 10.0 Å². The zero-order chi connectivity index (χ0) is 16.0. The lowest BCUT2D eigenvalue weighted by Gasteiger charge is -2.25. The van der Waals surface area contributed by atoms with Crippen molar-refractivity contribution in [3.05, 3.63) is 28.0 Å². The molecule has 9 heteroatoms. The van der Waals surface area contributed by atoms with Crippen LogP contribution in [0.5, 0.6) is 0 Å². The first kappa shape index (κ1) is 15.9. The highest BCUT2D eigenvalue weighted by molar-refractivity contribution is 6.42. The van der Waals surface area contributed by atoms with E-state index in [0.717, 1.165) is 4.57 Å². The predicted octanol–water partition coefficient (Wildman–Crippen LogP) is 3.64. The molecule has 0 spiro atoms. The molecule has 0 aliphatic heterocycles. The van der Waals surface area contributed by atoms with Gasteiger partial charge in [-0.2, -0.15) is 18.4 Å². The van der Waals surface area contributed by atoms with Gasteiger partial charge in [0, 0.05) is 0 Å². The van der Waals surface area contributed by atoms with Gasteiger partial charge in [-0.05, 0) is 19.1 Å². The molecule has 21 heavy (non-hydrogen) atoms. The minimum atomic E-state index is -4.95. The highest BCUT2D eigenvalue weighted by Gasteiger charge is 2.54. The molecule has 1 atom stereocenters. The Morgan fingerprint density at radius 3 is 2.43 bits per heavy atom. The number of hydrogen-bond donors (Lipinski definition) is 1. The molecule has 2 aromatic rings. The van der Waals surface area contributed by atoms with Crippen LogP contribution in [0.15, 0.2) is 12.1 Å². The van der Waals surface area contributed by atoms with Gasteiger partial charge in [0.1, 0.15) is 6.54 Å². The van der Waals surface area contributed by atoms with Gasteiger partial charge >= 0.3 is 6.18 Å². The van der Waals surface area contributed by atoms with Gasteiger partial charge in [0.05, 0.1) is 27.1 Å². The third-order valence-corrected chi connectivity index (χ3v) is 3.73. The third-order valence-electron chi connectivity index (χ3n) is 3.01. The fraction of sp³-hybridized carbons (Fsp3) is 0.333. The summed E-state index contributed by atoms with van der Waals surface area (Å²) in [5, 5.41) is 18.8. The lowest BCUT2D eigenvalue weighted by atomic mass is 10.1. The Kier molecular flexibility index (Phi) is 3.82. The molecular formula is C12H8Cl2F3N3O. The van der Waals surface area contributed by atoms with Gasteiger partial charge in [-0.3, -0.25) is 0 Å². The Balaban J connectivity index is 2.81. The molecule has 1 aromatic heterocycles. The topological polar surface area (TPSA) is 61.8 Å². The molecule has 0 aliphatic rings. The van der Waals surface area contributed by atoms with Crippen LogP contribution in [-0.2, 0) is 12.1 Å². The Hall–Kier alpha value is -1.49. The largest absolute Gasteiger partial charge is 0.424 e. The van der Waals surface area contributed by atoms with E-state index in [1.165, 1.54) is 12.1 Å². The number of nitrogens with zero attached hydrogens (tertiary/aromatic N) is 3. The highest BCUT2D eigenvalue weighted by Crippen LogP contribution is 2.40. The van der Waals surface area contributed by atoms with Crippen LogP contribution in [0.1, 0.15) is 12.7 Å². The molecule has 1 aromatic carbocycles. The molecule has 0 amide bonds. The number of rotatable bonds is 2. The molecule has 2 rings (SSSR count). The van der Waals surface area contributed by atoms with Crippen molar-refractivity contribution in [3.8, 4) is 6.07 Å². The number of nitriles is 1. The predicted molar refractivity (Wildman–Crippen MR) is 71.0 cm³/mol. The van der Waals surface area contributed by atoms with Crippen molar-refractivity contribution in [1.29, 1.82) is 5.26 Å². The normalized spacial score (nSPS) is 15.0. The van der Waals surface area contributed by atoms with Crippen molar-refractivity contribution >= 4 is 34.2 Å². The average molecular weight is 338 g/mol. The van der Waals surface area contributed by atoms with Gasteiger partial charge in [0.2, 0.25) is 5.60 Å². The van der Waals surface area contributed by atoms with Crippen molar-refractivity contribution in [1.82, 2.24) is 9.55 Å². The van der Waals surface area contributed by atoms with Gasteiger partial charge in [-0.25, -0.2) is 4.98 Å². The second-order valence-corrected chi connectivity index (χ2v) is 5.32. The molecule has 0 aliphatic carbocycles. The molecule has 0 saturated heterocycles. The van der Waals surface area contributed by atoms with Gasteiger partial charge in [0.15, 0.2) is 5.82 Å². The quantitative estimate of drug-likeness (QED) is 0.909. The van der Waals surface area contributed by atoms with Crippen molar-refractivity contribution < 1.29 is 18.3 Å². The highest BCUT2D eigenvalue weighted by atomic mass is 35.5. The van der Waals surface area contributed by atoms with E-state index in [1.54, 1.807) is 6.07 Å². The summed E-state index contributed by atoms with van der Waals surface area (Å²) in [4.78, 5) is 3.77. The maximum atomic E-state index is 13.0. The SMILES string of the molecule is CC(O)(c1nc2cc(Cl)c(Cl)cc2n1CC#N)C(F)(F)F. The van der Waals surface area contributed by atoms with Gasteiger partial charge in [-0.15, -0.1) is 0 Å². The van der Waals surface area contributed by atoms with Crippen LogP contribution < -0.4 is 0 Å². The van der Waals surface area contributed by atoms with Crippen LogP contribution in [-0.4, -0.2) is 20.8 Å². The first-order valence-electron chi connectivity index (χ1n) is 5.61. The van der Waals surface area contributed by atoms with E-state index in [1.807, 2.05) is 0 Å². The van der Waals surface area contributed by atoms with Gasteiger partial charge in [-0.1, -0.05) is 23.2 Å². The molecule has 1 heterocycles. The number of aromatic nitrogens is 2. The molecular weight excluding hydrogens is 330 g/mol. The maximum Gasteiger partial charge on any atom is 0.424 e. The Morgan fingerprint density at radius 1 is 1.33 bits per heavy atom. The number of benzene rings is 1. The Labute approximate surface area is 127 Å². The first-order valence-corrected chi connectivity index (χ1v) is 6.37. The van der Waals surface area contributed by atoms with Crippen LogP contribution in [0.4, 0.5) is 13.2 Å². The Bertz CT molecular complexity index is 747. The summed E-state index contributed by atoms with van der Waals surface area (Å²) in [6.45, 7) is 0.154. The van der Waals surface area contributed by atoms with Crippen LogP contribution in [0, 0.1) is 11.3 Å². The zero-order valence-electron chi connectivity index (χ0n) is 10.5. The van der Waals surface area contributed by atoms with Crippen molar-refractivity contribution in [2.75, 3.05) is 0 Å². The summed E-state index contributed by atoms with van der Waals surface area (Å²) >= 11 is 11.6. The fourth-order valence-corrected chi connectivity index (χ4v) is 2.17. The first-order chi connectivity index (χ1) is 9.59. The van der Waals surface area contributed by atoms with E-state index in [9.17, 15) is 18.3 Å². The van der Waals surface area contributed by atoms with E-state index in [4.69, 9.17) is 28.5 Å². The molecule has 4 nitrogen and oxygen atoms in total. The number of imidazole rings is 1. The van der Waals surface area contributed by atoms with E-state index in [0.29, 0.717) is 6.92 Å². The lowest BCUT2D eigenvalue weighted by molar-refractivity contribution is -0.262. The fourth-order valence-electron chi connectivity index (χ4n) is 1.85. The molecule has 112 valence electrons. The second-order valence-electron chi connectivity index (χ2n) is 4.50. The summed E-state index contributed by atoms with van der Waals surface area (Å²) < 4.78 is 39.9. The smallest absolute Gasteiger partial charge is 0.374 e. The van der Waals surface area contributed by atoms with E-state index in [2.05, 4.69) is 4.98 Å². The molecule has 0 fully saturated rings. The summed E-state index contributed by atoms with van der Waals surface area (Å²) in [5.74, 6) is -0.690. The molecule has 0 saturated carbocycles. The van der Waals surface area contributed by atoms with Crippen LogP contribution in [0.3, 0.4) is 0 Å². The third kappa shape index (κ3) is 2.55. The van der Waals surface area contributed by atoms with Gasteiger partial charge in [0.25, 0.3) is 0 Å². The number of halogens is 5. The zero-order valence-corrected chi connectivity index (χ0v) is 12.1. The van der Waals surface area contributed by atoms with E-state index in [-0.39, 0.29) is 21.1 Å². The number of alkyl halides is 3. The molecule has 1 unspecified atom stereocenters. The Morgan fingerprint density at radius 2 is 1.90 bits per heavy atom. The van der Waals surface area contributed by atoms with E-state index >= 15 is 0 Å². The van der Waals surface area contributed by atoms with E-state index < -0.39 is 24.1 Å².